The highest BCUT2D eigenvalue weighted by atomic mass is 19.1. The molecule has 8 nitrogen and oxygen atoms in total. The van der Waals surface area contributed by atoms with Gasteiger partial charge in [-0.25, -0.2) is 9.18 Å². The number of benzene rings is 2. The summed E-state index contributed by atoms with van der Waals surface area (Å²) in [6, 6.07) is 8.08. The number of nitrogens with zero attached hydrogens (tertiary/aromatic N) is 1. The van der Waals surface area contributed by atoms with E-state index in [4.69, 9.17) is 14.2 Å². The van der Waals surface area contributed by atoms with Crippen LogP contribution >= 0.6 is 0 Å². The van der Waals surface area contributed by atoms with Gasteiger partial charge in [-0.2, -0.15) is 0 Å². The Morgan fingerprint density at radius 2 is 1.58 bits per heavy atom. The maximum atomic E-state index is 13.1. The van der Waals surface area contributed by atoms with E-state index in [-0.39, 0.29) is 17.9 Å². The molecule has 0 unspecified atom stereocenters. The average molecular weight is 428 g/mol. The van der Waals surface area contributed by atoms with Gasteiger partial charge in [0.2, 0.25) is 5.75 Å². The van der Waals surface area contributed by atoms with E-state index in [1.165, 1.54) is 39.5 Å². The molecule has 31 heavy (non-hydrogen) atoms. The van der Waals surface area contributed by atoms with Crippen molar-refractivity contribution in [1.82, 2.24) is 10.2 Å². The fourth-order valence-electron chi connectivity index (χ4n) is 3.14. The second-order valence-electron chi connectivity index (χ2n) is 6.61. The fourth-order valence-corrected chi connectivity index (χ4v) is 3.14. The Morgan fingerprint density at radius 3 is 2.13 bits per heavy atom. The van der Waals surface area contributed by atoms with Gasteiger partial charge in [0.1, 0.15) is 11.4 Å². The third-order valence-corrected chi connectivity index (χ3v) is 4.72. The molecule has 1 fully saturated rings. The van der Waals surface area contributed by atoms with E-state index in [2.05, 4.69) is 5.32 Å². The number of ether oxygens (including phenoxy) is 3. The fraction of sp³-hybridized carbons (Fsp3) is 0.227. The normalized spacial score (nSPS) is 15.2. The molecule has 9 heteroatoms. The van der Waals surface area contributed by atoms with Crippen molar-refractivity contribution in [2.75, 3.05) is 27.9 Å². The molecule has 1 N–H and O–H groups in total. The van der Waals surface area contributed by atoms with Gasteiger partial charge in [0.05, 0.1) is 21.3 Å². The molecule has 1 heterocycles. The molecule has 2 aromatic rings. The topological polar surface area (TPSA) is 94.2 Å². The second-order valence-corrected chi connectivity index (χ2v) is 6.61. The van der Waals surface area contributed by atoms with Crippen molar-refractivity contribution in [2.45, 2.75) is 6.42 Å². The number of urea groups is 1. The molecule has 4 amide bonds. The minimum Gasteiger partial charge on any atom is -0.493 e. The number of methoxy groups -OCH3 is 3. The largest absolute Gasteiger partial charge is 0.493 e. The van der Waals surface area contributed by atoms with Crippen LogP contribution in [0.2, 0.25) is 0 Å². The molecule has 0 aliphatic carbocycles. The summed E-state index contributed by atoms with van der Waals surface area (Å²) in [4.78, 5) is 38.4. The van der Waals surface area contributed by atoms with Gasteiger partial charge in [0.15, 0.2) is 11.5 Å². The molecule has 2 aromatic carbocycles. The SMILES string of the molecule is COc1cc(/C=C2\C(=O)NC(=O)N(CCc3ccc(F)cc3)C2=O)cc(OC)c1OC. The van der Waals surface area contributed by atoms with E-state index < -0.39 is 17.8 Å². The first kappa shape index (κ1) is 21.8. The molecule has 0 bridgehead atoms. The minimum absolute atomic E-state index is 0.0240. The summed E-state index contributed by atoms with van der Waals surface area (Å²) >= 11 is 0. The Hall–Kier alpha value is -3.88. The summed E-state index contributed by atoms with van der Waals surface area (Å²) in [6.45, 7) is 0.0240. The monoisotopic (exact) mass is 428 g/mol. The zero-order valence-electron chi connectivity index (χ0n) is 17.2. The van der Waals surface area contributed by atoms with Crippen molar-refractivity contribution in [3.8, 4) is 17.2 Å². The maximum Gasteiger partial charge on any atom is 0.331 e. The van der Waals surface area contributed by atoms with Crippen LogP contribution in [0.4, 0.5) is 9.18 Å². The Labute approximate surface area is 178 Å². The van der Waals surface area contributed by atoms with Crippen LogP contribution in [0.15, 0.2) is 42.0 Å². The molecule has 1 saturated heterocycles. The van der Waals surface area contributed by atoms with Crippen molar-refractivity contribution in [1.29, 1.82) is 0 Å². The Balaban J connectivity index is 1.88. The number of rotatable bonds is 7. The first-order valence-electron chi connectivity index (χ1n) is 9.31. The van der Waals surface area contributed by atoms with Crippen molar-refractivity contribution < 1.29 is 33.0 Å². The summed E-state index contributed by atoms with van der Waals surface area (Å²) in [7, 11) is 4.35. The van der Waals surface area contributed by atoms with E-state index in [1.807, 2.05) is 0 Å². The number of carbonyl (C=O) groups is 3. The maximum absolute atomic E-state index is 13.1. The molecule has 0 aromatic heterocycles. The van der Waals surface area contributed by atoms with Crippen molar-refractivity contribution >= 4 is 23.9 Å². The summed E-state index contributed by atoms with van der Waals surface area (Å²) < 4.78 is 28.9. The summed E-state index contributed by atoms with van der Waals surface area (Å²) in [5, 5.41) is 2.17. The smallest absolute Gasteiger partial charge is 0.331 e. The number of hydrogen-bond acceptors (Lipinski definition) is 6. The lowest BCUT2D eigenvalue weighted by atomic mass is 10.1. The number of halogens is 1. The Morgan fingerprint density at radius 1 is 0.968 bits per heavy atom. The zero-order valence-corrected chi connectivity index (χ0v) is 17.2. The van der Waals surface area contributed by atoms with E-state index in [9.17, 15) is 18.8 Å². The molecular formula is C22H21FN2O6. The van der Waals surface area contributed by atoms with Gasteiger partial charge in [-0.3, -0.25) is 19.8 Å². The number of carbonyl (C=O) groups excluding carboxylic acids is 3. The van der Waals surface area contributed by atoms with Crippen LogP contribution < -0.4 is 19.5 Å². The molecule has 0 spiro atoms. The number of hydrogen-bond donors (Lipinski definition) is 1. The molecule has 0 atom stereocenters. The van der Waals surface area contributed by atoms with Crippen LogP contribution in [0, 0.1) is 5.82 Å². The van der Waals surface area contributed by atoms with E-state index >= 15 is 0 Å². The molecule has 0 radical (unpaired) electrons. The molecule has 1 aliphatic rings. The third-order valence-electron chi connectivity index (χ3n) is 4.72. The lowest BCUT2D eigenvalue weighted by Gasteiger charge is -2.26. The third kappa shape index (κ3) is 4.66. The number of barbiturate groups is 1. The predicted molar refractivity (Wildman–Crippen MR) is 109 cm³/mol. The van der Waals surface area contributed by atoms with Crippen LogP contribution in [0.25, 0.3) is 6.08 Å². The zero-order chi connectivity index (χ0) is 22.5. The second kappa shape index (κ2) is 9.29. The van der Waals surface area contributed by atoms with Gasteiger partial charge in [-0.05, 0) is 47.9 Å². The van der Waals surface area contributed by atoms with Crippen LogP contribution in [0.1, 0.15) is 11.1 Å². The minimum atomic E-state index is -0.806. The summed E-state index contributed by atoms with van der Waals surface area (Å²) in [5.41, 5.74) is 0.975. The highest BCUT2D eigenvalue weighted by Crippen LogP contribution is 2.38. The van der Waals surface area contributed by atoms with Crippen molar-refractivity contribution in [2.24, 2.45) is 0 Å². The predicted octanol–water partition coefficient (Wildman–Crippen LogP) is 2.56. The van der Waals surface area contributed by atoms with E-state index in [1.54, 1.807) is 24.3 Å². The highest BCUT2D eigenvalue weighted by molar-refractivity contribution is 6.31. The molecule has 1 aliphatic heterocycles. The van der Waals surface area contributed by atoms with Crippen LogP contribution in [-0.4, -0.2) is 50.6 Å². The van der Waals surface area contributed by atoms with Crippen LogP contribution in [-0.2, 0) is 16.0 Å². The Bertz CT molecular complexity index is 1020. The van der Waals surface area contributed by atoms with Crippen molar-refractivity contribution in [3.05, 3.63) is 58.9 Å². The van der Waals surface area contributed by atoms with Crippen LogP contribution in [0.3, 0.4) is 0 Å². The number of nitrogens with one attached hydrogen (secondary N) is 1. The van der Waals surface area contributed by atoms with Gasteiger partial charge >= 0.3 is 6.03 Å². The van der Waals surface area contributed by atoms with Gasteiger partial charge < -0.3 is 14.2 Å². The first-order valence-corrected chi connectivity index (χ1v) is 9.31. The first-order chi connectivity index (χ1) is 14.9. The molecular weight excluding hydrogens is 407 g/mol. The number of amides is 4. The van der Waals surface area contributed by atoms with Gasteiger partial charge in [0.25, 0.3) is 11.8 Å². The average Bonchev–Trinajstić information content (AvgIpc) is 2.76. The Kier molecular flexibility index (Phi) is 6.54. The highest BCUT2D eigenvalue weighted by Gasteiger charge is 2.35. The standard InChI is InChI=1S/C22H21FN2O6/c1-29-17-11-14(12-18(30-2)19(17)31-3)10-16-20(26)24-22(28)25(21(16)27)9-8-13-4-6-15(23)7-5-13/h4-7,10-12H,8-9H2,1-3H3,(H,24,26,28)/b16-10+. The lowest BCUT2D eigenvalue weighted by molar-refractivity contribution is -0.130. The lowest BCUT2D eigenvalue weighted by Crippen LogP contribution is -2.54. The van der Waals surface area contributed by atoms with E-state index in [0.717, 1.165) is 10.5 Å². The van der Waals surface area contributed by atoms with Gasteiger partial charge in [-0.15, -0.1) is 0 Å². The van der Waals surface area contributed by atoms with Crippen LogP contribution in [0.5, 0.6) is 17.2 Å². The summed E-state index contributed by atoms with van der Waals surface area (Å²) in [6.07, 6.45) is 1.66. The van der Waals surface area contributed by atoms with E-state index in [0.29, 0.717) is 29.2 Å². The van der Waals surface area contributed by atoms with Crippen molar-refractivity contribution in [3.63, 3.8) is 0 Å². The van der Waals surface area contributed by atoms with Gasteiger partial charge in [-0.1, -0.05) is 12.1 Å². The molecule has 0 saturated carbocycles. The quantitative estimate of drug-likeness (QED) is 0.538. The summed E-state index contributed by atoms with van der Waals surface area (Å²) in [5.74, 6) is -0.853. The van der Waals surface area contributed by atoms with Gasteiger partial charge in [0, 0.05) is 6.54 Å². The molecule has 162 valence electrons. The number of imide groups is 2. The molecule has 3 rings (SSSR count).